The molecule has 0 unspecified atom stereocenters. The molecule has 5 nitrogen and oxygen atoms in total. The third-order valence-electron chi connectivity index (χ3n) is 4.52. The lowest BCUT2D eigenvalue weighted by Gasteiger charge is -2.12. The molecule has 0 aliphatic carbocycles. The number of methoxy groups -OCH3 is 1. The standard InChI is InChI=1S/C25H33NO4/c1-4-6-10-18-30-23-15-13-20(19-24(23)28-3)14-16-25(27)26-21-11-8-9-12-22(21)29-17-7-5-2/h8-9,11-16,19H,4-7,10,17-18H2,1-3H3,(H,26,27)/b16-14+. The van der Waals surface area contributed by atoms with Crippen LogP contribution in [0.4, 0.5) is 5.69 Å². The van der Waals surface area contributed by atoms with E-state index in [9.17, 15) is 4.79 Å². The maximum atomic E-state index is 12.4. The van der Waals surface area contributed by atoms with Crippen LogP contribution in [0.2, 0.25) is 0 Å². The molecule has 2 rings (SSSR count). The van der Waals surface area contributed by atoms with E-state index in [1.54, 1.807) is 13.2 Å². The Hall–Kier alpha value is -2.95. The van der Waals surface area contributed by atoms with Crippen molar-refractivity contribution < 1.29 is 19.0 Å². The summed E-state index contributed by atoms with van der Waals surface area (Å²) in [7, 11) is 1.61. The van der Waals surface area contributed by atoms with Gasteiger partial charge in [-0.05, 0) is 48.7 Å². The van der Waals surface area contributed by atoms with Gasteiger partial charge in [0.1, 0.15) is 5.75 Å². The van der Waals surface area contributed by atoms with Gasteiger partial charge in [0.2, 0.25) is 5.91 Å². The van der Waals surface area contributed by atoms with Gasteiger partial charge in [-0.25, -0.2) is 0 Å². The molecular formula is C25H33NO4. The Labute approximate surface area is 180 Å². The average Bonchev–Trinajstić information content (AvgIpc) is 2.77. The summed E-state index contributed by atoms with van der Waals surface area (Å²) in [6.07, 6.45) is 8.60. The number of ether oxygens (including phenoxy) is 3. The molecule has 0 aromatic heterocycles. The fourth-order valence-corrected chi connectivity index (χ4v) is 2.81. The zero-order valence-corrected chi connectivity index (χ0v) is 18.3. The van der Waals surface area contributed by atoms with Crippen LogP contribution >= 0.6 is 0 Å². The first-order chi connectivity index (χ1) is 14.7. The molecule has 162 valence electrons. The quantitative estimate of drug-likeness (QED) is 0.320. The molecule has 0 saturated heterocycles. The average molecular weight is 412 g/mol. The number of benzene rings is 2. The van der Waals surface area contributed by atoms with Gasteiger partial charge < -0.3 is 19.5 Å². The highest BCUT2D eigenvalue weighted by Crippen LogP contribution is 2.29. The van der Waals surface area contributed by atoms with Gasteiger partial charge in [-0.15, -0.1) is 0 Å². The molecule has 0 bridgehead atoms. The van der Waals surface area contributed by atoms with Gasteiger partial charge in [-0.3, -0.25) is 4.79 Å². The molecular weight excluding hydrogens is 378 g/mol. The number of carbonyl (C=O) groups excluding carboxylic acids is 1. The largest absolute Gasteiger partial charge is 0.493 e. The second kappa shape index (κ2) is 13.3. The molecule has 1 amide bonds. The predicted molar refractivity (Wildman–Crippen MR) is 123 cm³/mol. The Morgan fingerprint density at radius 2 is 1.63 bits per heavy atom. The molecule has 0 aliphatic heterocycles. The molecule has 0 radical (unpaired) electrons. The minimum absolute atomic E-state index is 0.222. The van der Waals surface area contributed by atoms with E-state index in [1.165, 1.54) is 6.08 Å². The number of carbonyl (C=O) groups is 1. The Kier molecular flexibility index (Phi) is 10.3. The van der Waals surface area contributed by atoms with E-state index in [4.69, 9.17) is 14.2 Å². The first kappa shape index (κ1) is 23.3. The van der Waals surface area contributed by atoms with Crippen LogP contribution in [0.3, 0.4) is 0 Å². The minimum atomic E-state index is -0.222. The van der Waals surface area contributed by atoms with Gasteiger partial charge in [0.25, 0.3) is 0 Å². The third kappa shape index (κ3) is 7.82. The SMILES string of the molecule is CCCCCOc1ccc(/C=C/C(=O)Nc2ccccc2OCCCC)cc1OC. The van der Waals surface area contributed by atoms with Crippen molar-refractivity contribution in [3.63, 3.8) is 0 Å². The van der Waals surface area contributed by atoms with Crippen LogP contribution < -0.4 is 19.5 Å². The maximum absolute atomic E-state index is 12.4. The topological polar surface area (TPSA) is 56.8 Å². The summed E-state index contributed by atoms with van der Waals surface area (Å²) < 4.78 is 17.0. The van der Waals surface area contributed by atoms with E-state index < -0.39 is 0 Å². The zero-order chi connectivity index (χ0) is 21.6. The maximum Gasteiger partial charge on any atom is 0.248 e. The van der Waals surface area contributed by atoms with E-state index in [1.807, 2.05) is 42.5 Å². The van der Waals surface area contributed by atoms with Gasteiger partial charge >= 0.3 is 0 Å². The second-order valence-corrected chi connectivity index (χ2v) is 6.99. The Morgan fingerprint density at radius 1 is 0.900 bits per heavy atom. The van der Waals surface area contributed by atoms with Crippen LogP contribution in [0.15, 0.2) is 48.5 Å². The fourth-order valence-electron chi connectivity index (χ4n) is 2.81. The van der Waals surface area contributed by atoms with Crippen LogP contribution in [0.5, 0.6) is 17.2 Å². The number of anilines is 1. The highest BCUT2D eigenvalue weighted by Gasteiger charge is 2.07. The number of hydrogen-bond donors (Lipinski definition) is 1. The molecule has 2 aromatic rings. The smallest absolute Gasteiger partial charge is 0.248 e. The van der Waals surface area contributed by atoms with Crippen LogP contribution in [0, 0.1) is 0 Å². The normalized spacial score (nSPS) is 10.8. The van der Waals surface area contributed by atoms with Crippen LogP contribution in [-0.2, 0) is 4.79 Å². The summed E-state index contributed by atoms with van der Waals surface area (Å²) in [4.78, 5) is 12.4. The van der Waals surface area contributed by atoms with E-state index in [0.29, 0.717) is 36.1 Å². The van der Waals surface area contributed by atoms with Crippen molar-refractivity contribution in [2.24, 2.45) is 0 Å². The van der Waals surface area contributed by atoms with Crippen molar-refractivity contribution in [1.82, 2.24) is 0 Å². The lowest BCUT2D eigenvalue weighted by atomic mass is 10.2. The van der Waals surface area contributed by atoms with Crippen LogP contribution in [0.25, 0.3) is 6.08 Å². The van der Waals surface area contributed by atoms with Crippen molar-refractivity contribution in [3.05, 3.63) is 54.1 Å². The van der Waals surface area contributed by atoms with Gasteiger partial charge in [-0.1, -0.05) is 51.3 Å². The number of unbranched alkanes of at least 4 members (excludes halogenated alkanes) is 3. The number of para-hydroxylation sites is 2. The van der Waals surface area contributed by atoms with Crippen molar-refractivity contribution in [3.8, 4) is 17.2 Å². The summed E-state index contributed by atoms with van der Waals surface area (Å²) in [5.74, 6) is 1.83. The van der Waals surface area contributed by atoms with Crippen molar-refractivity contribution in [2.75, 3.05) is 25.6 Å². The summed E-state index contributed by atoms with van der Waals surface area (Å²) >= 11 is 0. The van der Waals surface area contributed by atoms with E-state index in [0.717, 1.165) is 37.7 Å². The molecule has 0 aliphatic rings. The first-order valence-electron chi connectivity index (χ1n) is 10.7. The number of amides is 1. The summed E-state index contributed by atoms with van der Waals surface area (Å²) in [5.41, 5.74) is 1.52. The summed E-state index contributed by atoms with van der Waals surface area (Å²) in [6, 6.07) is 13.1. The molecule has 5 heteroatoms. The van der Waals surface area contributed by atoms with E-state index in [2.05, 4.69) is 19.2 Å². The van der Waals surface area contributed by atoms with Crippen LogP contribution in [0.1, 0.15) is 51.5 Å². The van der Waals surface area contributed by atoms with Gasteiger partial charge in [-0.2, -0.15) is 0 Å². The minimum Gasteiger partial charge on any atom is -0.493 e. The van der Waals surface area contributed by atoms with E-state index >= 15 is 0 Å². The highest BCUT2D eigenvalue weighted by molar-refractivity contribution is 6.02. The number of rotatable bonds is 13. The van der Waals surface area contributed by atoms with Gasteiger partial charge in [0.05, 0.1) is 26.0 Å². The number of hydrogen-bond acceptors (Lipinski definition) is 4. The molecule has 1 N–H and O–H groups in total. The summed E-state index contributed by atoms with van der Waals surface area (Å²) in [6.45, 7) is 5.57. The van der Waals surface area contributed by atoms with Gasteiger partial charge in [0, 0.05) is 6.08 Å². The highest BCUT2D eigenvalue weighted by atomic mass is 16.5. The first-order valence-corrected chi connectivity index (χ1v) is 10.7. The van der Waals surface area contributed by atoms with Crippen molar-refractivity contribution >= 4 is 17.7 Å². The lowest BCUT2D eigenvalue weighted by molar-refractivity contribution is -0.111. The molecule has 0 spiro atoms. The molecule has 0 heterocycles. The molecule has 2 aromatic carbocycles. The zero-order valence-electron chi connectivity index (χ0n) is 18.3. The molecule has 0 saturated carbocycles. The fraction of sp³-hybridized carbons (Fsp3) is 0.400. The van der Waals surface area contributed by atoms with Crippen LogP contribution in [-0.4, -0.2) is 26.2 Å². The second-order valence-electron chi connectivity index (χ2n) is 6.99. The Morgan fingerprint density at radius 3 is 2.40 bits per heavy atom. The third-order valence-corrected chi connectivity index (χ3v) is 4.52. The monoisotopic (exact) mass is 411 g/mol. The molecule has 0 fully saturated rings. The lowest BCUT2D eigenvalue weighted by Crippen LogP contribution is -2.09. The van der Waals surface area contributed by atoms with Gasteiger partial charge in [0.15, 0.2) is 11.5 Å². The summed E-state index contributed by atoms with van der Waals surface area (Å²) in [5, 5.41) is 2.88. The Bertz CT molecular complexity index is 817. The Balaban J connectivity index is 1.97. The van der Waals surface area contributed by atoms with Crippen molar-refractivity contribution in [1.29, 1.82) is 0 Å². The molecule has 0 atom stereocenters. The van der Waals surface area contributed by atoms with E-state index in [-0.39, 0.29) is 5.91 Å². The number of nitrogens with one attached hydrogen (secondary N) is 1. The predicted octanol–water partition coefficient (Wildman–Crippen LogP) is 6.10. The molecule has 30 heavy (non-hydrogen) atoms. The van der Waals surface area contributed by atoms with Crippen molar-refractivity contribution in [2.45, 2.75) is 46.0 Å².